The third-order valence-corrected chi connectivity index (χ3v) is 5.45. The molecule has 31 heavy (non-hydrogen) atoms. The van der Waals surface area contributed by atoms with E-state index in [0.29, 0.717) is 25.2 Å². The summed E-state index contributed by atoms with van der Waals surface area (Å²) in [5.41, 5.74) is 0. The maximum Gasteiger partial charge on any atom is 0.222 e. The monoisotopic (exact) mass is 451 g/mol. The van der Waals surface area contributed by atoms with Gasteiger partial charge >= 0.3 is 0 Å². The number of unbranched alkanes of at least 4 members (excludes halogenated alkanes) is 1. The molecule has 1 heterocycles. The van der Waals surface area contributed by atoms with E-state index in [4.69, 9.17) is 9.47 Å². The summed E-state index contributed by atoms with van der Waals surface area (Å²) in [5, 5.41) is 62.4. The Hall–Kier alpha value is -0.850. The van der Waals surface area contributed by atoms with E-state index in [0.717, 1.165) is 12.8 Å². The maximum atomic E-state index is 12.4. The summed E-state index contributed by atoms with van der Waals surface area (Å²) < 4.78 is 10.8. The SMILES string of the molecule is CCCC[C@@H](O)CC(=O)N[C@@H](CO[C@H]1OC(CO)[C@H](O)[C@H](O)C1O)[C@H](O)CCC(C)C. The summed E-state index contributed by atoms with van der Waals surface area (Å²) in [6, 6.07) is -0.836. The molecule has 0 radical (unpaired) electrons. The van der Waals surface area contributed by atoms with Gasteiger partial charge in [-0.05, 0) is 25.2 Å². The fourth-order valence-electron chi connectivity index (χ4n) is 3.38. The first-order valence-corrected chi connectivity index (χ1v) is 11.2. The summed E-state index contributed by atoms with van der Waals surface area (Å²) >= 11 is 0. The molecule has 0 aromatic heterocycles. The van der Waals surface area contributed by atoms with Crippen LogP contribution in [0, 0.1) is 5.92 Å². The maximum absolute atomic E-state index is 12.4. The van der Waals surface area contributed by atoms with Crippen molar-refractivity contribution in [2.45, 2.75) is 108 Å². The van der Waals surface area contributed by atoms with Gasteiger partial charge in [0.1, 0.15) is 24.4 Å². The third-order valence-electron chi connectivity index (χ3n) is 5.45. The number of nitrogens with one attached hydrogen (secondary N) is 1. The van der Waals surface area contributed by atoms with Crippen molar-refractivity contribution in [1.29, 1.82) is 0 Å². The second-order valence-electron chi connectivity index (χ2n) is 8.74. The van der Waals surface area contributed by atoms with Gasteiger partial charge in [0.25, 0.3) is 0 Å². The van der Waals surface area contributed by atoms with Crippen LogP contribution in [0.1, 0.15) is 59.3 Å². The van der Waals surface area contributed by atoms with Crippen LogP contribution in [0.15, 0.2) is 0 Å². The molecule has 10 nitrogen and oxygen atoms in total. The molecule has 8 atom stereocenters. The Morgan fingerprint density at radius 2 is 1.74 bits per heavy atom. The van der Waals surface area contributed by atoms with Crippen molar-refractivity contribution in [3.05, 3.63) is 0 Å². The lowest BCUT2D eigenvalue weighted by Gasteiger charge is -2.40. The highest BCUT2D eigenvalue weighted by Crippen LogP contribution is 2.22. The van der Waals surface area contributed by atoms with E-state index in [9.17, 15) is 35.4 Å². The normalized spacial score (nSPS) is 29.5. The van der Waals surface area contributed by atoms with Gasteiger partial charge in [0.15, 0.2) is 6.29 Å². The minimum Gasteiger partial charge on any atom is -0.394 e. The van der Waals surface area contributed by atoms with Crippen molar-refractivity contribution in [3.63, 3.8) is 0 Å². The Morgan fingerprint density at radius 1 is 1.06 bits per heavy atom. The summed E-state index contributed by atoms with van der Waals surface area (Å²) in [6.45, 7) is 5.18. The van der Waals surface area contributed by atoms with Gasteiger partial charge in [0, 0.05) is 0 Å². The van der Waals surface area contributed by atoms with Crippen molar-refractivity contribution < 1.29 is 44.9 Å². The largest absolute Gasteiger partial charge is 0.394 e. The second kappa shape index (κ2) is 14.3. The summed E-state index contributed by atoms with van der Waals surface area (Å²) in [4.78, 5) is 12.4. The molecule has 1 saturated heterocycles. The van der Waals surface area contributed by atoms with E-state index in [2.05, 4.69) is 5.32 Å². The number of rotatable bonds is 14. The van der Waals surface area contributed by atoms with Crippen molar-refractivity contribution >= 4 is 5.91 Å². The van der Waals surface area contributed by atoms with E-state index >= 15 is 0 Å². The molecule has 0 saturated carbocycles. The van der Waals surface area contributed by atoms with E-state index in [1.165, 1.54) is 0 Å². The lowest BCUT2D eigenvalue weighted by molar-refractivity contribution is -0.302. The standard InChI is InChI=1S/C21H41NO9/c1-4-5-6-13(24)9-17(26)22-14(15(25)8-7-12(2)3)11-30-21-20(29)19(28)18(27)16(10-23)31-21/h12-16,18-21,23-25,27-29H,4-11H2,1-3H3,(H,22,26)/t13-,14+,15-,16?,18+,19+,20?,21+/m1/s1. The highest BCUT2D eigenvalue weighted by Gasteiger charge is 2.44. The fourth-order valence-corrected chi connectivity index (χ4v) is 3.38. The molecule has 0 spiro atoms. The number of hydrogen-bond donors (Lipinski definition) is 7. The molecule has 10 heteroatoms. The Bertz CT molecular complexity index is 505. The Kier molecular flexibility index (Phi) is 13.0. The van der Waals surface area contributed by atoms with Gasteiger partial charge in [-0.3, -0.25) is 4.79 Å². The average Bonchev–Trinajstić information content (AvgIpc) is 2.72. The molecule has 1 amide bonds. The first-order chi connectivity index (χ1) is 14.6. The van der Waals surface area contributed by atoms with Crippen molar-refractivity contribution in [2.75, 3.05) is 13.2 Å². The molecule has 1 aliphatic rings. The quantitative estimate of drug-likeness (QED) is 0.176. The lowest BCUT2D eigenvalue weighted by Crippen LogP contribution is -2.60. The Balaban J connectivity index is 2.73. The van der Waals surface area contributed by atoms with Gasteiger partial charge in [0.2, 0.25) is 5.91 Å². The molecule has 1 fully saturated rings. The molecule has 184 valence electrons. The number of carbonyl (C=O) groups is 1. The zero-order valence-corrected chi connectivity index (χ0v) is 18.8. The molecular formula is C21H41NO9. The van der Waals surface area contributed by atoms with Gasteiger partial charge in [0.05, 0.1) is 37.9 Å². The number of aliphatic hydroxyl groups is 6. The molecule has 0 bridgehead atoms. The van der Waals surface area contributed by atoms with Crippen LogP contribution in [0.4, 0.5) is 0 Å². The van der Waals surface area contributed by atoms with Crippen LogP contribution in [-0.4, -0.2) is 98.7 Å². The molecule has 0 aromatic rings. The van der Waals surface area contributed by atoms with Crippen LogP contribution >= 0.6 is 0 Å². The smallest absolute Gasteiger partial charge is 0.222 e. The molecule has 0 aliphatic carbocycles. The molecule has 1 aliphatic heterocycles. The summed E-state index contributed by atoms with van der Waals surface area (Å²) in [5.74, 6) is -0.0946. The second-order valence-corrected chi connectivity index (χ2v) is 8.74. The zero-order valence-electron chi connectivity index (χ0n) is 18.8. The first kappa shape index (κ1) is 28.2. The molecular weight excluding hydrogens is 410 g/mol. The summed E-state index contributed by atoms with van der Waals surface area (Å²) in [7, 11) is 0. The number of hydrogen-bond acceptors (Lipinski definition) is 9. The number of carbonyl (C=O) groups excluding carboxylic acids is 1. The van der Waals surface area contributed by atoms with Crippen LogP contribution in [0.25, 0.3) is 0 Å². The predicted molar refractivity (Wildman–Crippen MR) is 112 cm³/mol. The van der Waals surface area contributed by atoms with Gasteiger partial charge in [-0.2, -0.15) is 0 Å². The number of aliphatic hydroxyl groups excluding tert-OH is 6. The van der Waals surface area contributed by atoms with Gasteiger partial charge in [-0.15, -0.1) is 0 Å². The first-order valence-electron chi connectivity index (χ1n) is 11.2. The van der Waals surface area contributed by atoms with E-state index in [1.54, 1.807) is 0 Å². The van der Waals surface area contributed by atoms with Gasteiger partial charge < -0.3 is 45.4 Å². The molecule has 1 rings (SSSR count). The predicted octanol–water partition coefficient (Wildman–Crippen LogP) is -0.974. The van der Waals surface area contributed by atoms with Crippen molar-refractivity contribution in [3.8, 4) is 0 Å². The molecule has 2 unspecified atom stereocenters. The van der Waals surface area contributed by atoms with Crippen molar-refractivity contribution in [1.82, 2.24) is 5.32 Å². The van der Waals surface area contributed by atoms with E-state index < -0.39 is 61.5 Å². The fraction of sp³-hybridized carbons (Fsp3) is 0.952. The van der Waals surface area contributed by atoms with Crippen LogP contribution in [-0.2, 0) is 14.3 Å². The molecule has 7 N–H and O–H groups in total. The topological polar surface area (TPSA) is 169 Å². The average molecular weight is 452 g/mol. The van der Waals surface area contributed by atoms with E-state index in [1.807, 2.05) is 20.8 Å². The van der Waals surface area contributed by atoms with Crippen LogP contribution in [0.5, 0.6) is 0 Å². The number of ether oxygens (including phenoxy) is 2. The summed E-state index contributed by atoms with van der Waals surface area (Å²) in [6.07, 6.45) is -5.62. The van der Waals surface area contributed by atoms with Crippen LogP contribution in [0.2, 0.25) is 0 Å². The third kappa shape index (κ3) is 9.67. The highest BCUT2D eigenvalue weighted by atomic mass is 16.7. The minimum absolute atomic E-state index is 0.104. The highest BCUT2D eigenvalue weighted by molar-refractivity contribution is 5.76. The zero-order chi connectivity index (χ0) is 23.6. The van der Waals surface area contributed by atoms with Crippen LogP contribution < -0.4 is 5.32 Å². The van der Waals surface area contributed by atoms with Gasteiger partial charge in [-0.25, -0.2) is 0 Å². The Labute approximate surface area is 184 Å². The van der Waals surface area contributed by atoms with E-state index in [-0.39, 0.29) is 13.0 Å². The number of amides is 1. The van der Waals surface area contributed by atoms with Crippen LogP contribution in [0.3, 0.4) is 0 Å². The minimum atomic E-state index is -1.58. The molecule has 0 aromatic carbocycles. The lowest BCUT2D eigenvalue weighted by atomic mass is 9.99. The van der Waals surface area contributed by atoms with Gasteiger partial charge in [-0.1, -0.05) is 33.6 Å². The van der Waals surface area contributed by atoms with Crippen molar-refractivity contribution in [2.24, 2.45) is 5.92 Å². The Morgan fingerprint density at radius 3 is 2.32 bits per heavy atom.